The standard InChI is InChI=1S/C45H78O8/c1-3-5-7-8-9-12-16-26-42(46)47-32-20-13-10-11-15-25-38-39(31-30-37(24-14-6-4-2)51-43-27-17-21-33-48-43)41(53-45-29-19-23-35-50-45)36-40(38)52-44-28-18-22-34-49-44/h11,15,30-31,37-41,43-45H,3-10,12-14,16-29,32-36H2,1-2H3/b15-11-,31-30+/t37-,38+,39+,40-,41+,43?,44?,45?/m0/s1. The Morgan fingerprint density at radius 1 is 0.679 bits per heavy atom. The van der Waals surface area contributed by atoms with E-state index in [2.05, 4.69) is 38.2 Å². The highest BCUT2D eigenvalue weighted by atomic mass is 16.7. The van der Waals surface area contributed by atoms with Gasteiger partial charge in [-0.2, -0.15) is 0 Å². The van der Waals surface area contributed by atoms with E-state index in [1.807, 2.05) is 0 Å². The topological polar surface area (TPSA) is 81.7 Å². The summed E-state index contributed by atoms with van der Waals surface area (Å²) in [5.41, 5.74) is 0. The largest absolute Gasteiger partial charge is 0.466 e. The van der Waals surface area contributed by atoms with E-state index < -0.39 is 0 Å². The second-order valence-electron chi connectivity index (χ2n) is 16.1. The maximum Gasteiger partial charge on any atom is 0.305 e. The number of hydrogen-bond acceptors (Lipinski definition) is 8. The molecule has 3 saturated heterocycles. The van der Waals surface area contributed by atoms with Gasteiger partial charge in [0.15, 0.2) is 18.9 Å². The summed E-state index contributed by atoms with van der Waals surface area (Å²) in [6, 6.07) is 0. The summed E-state index contributed by atoms with van der Waals surface area (Å²) in [6.45, 7) is 7.35. The molecule has 53 heavy (non-hydrogen) atoms. The van der Waals surface area contributed by atoms with Crippen LogP contribution < -0.4 is 0 Å². The molecule has 0 amide bonds. The highest BCUT2D eigenvalue weighted by Gasteiger charge is 2.45. The third kappa shape index (κ3) is 18.5. The molecule has 1 saturated carbocycles. The third-order valence-electron chi connectivity index (χ3n) is 11.5. The molecule has 0 aromatic heterocycles. The average Bonchev–Trinajstić information content (AvgIpc) is 3.49. The Balaban J connectivity index is 1.33. The van der Waals surface area contributed by atoms with Gasteiger partial charge in [0.25, 0.3) is 0 Å². The van der Waals surface area contributed by atoms with Gasteiger partial charge in [0.05, 0.1) is 24.9 Å². The maximum absolute atomic E-state index is 12.2. The molecule has 4 rings (SSSR count). The molecule has 0 aromatic carbocycles. The SMILES string of the molecule is CCCCCCCCCC(=O)OCCCC/C=C\C[C@@H]1[C@@H](/C=C/[C@H](CCCCC)OC2CCCCO2)[C@H](OC2CCCCO2)C[C@@H]1OC1CCCCO1. The lowest BCUT2D eigenvalue weighted by atomic mass is 9.89. The number of ether oxygens (including phenoxy) is 7. The monoisotopic (exact) mass is 747 g/mol. The van der Waals surface area contributed by atoms with Crippen molar-refractivity contribution in [1.82, 2.24) is 0 Å². The average molecular weight is 747 g/mol. The van der Waals surface area contributed by atoms with Gasteiger partial charge in [-0.05, 0) is 102 Å². The Kier molecular flexibility index (Phi) is 23.6. The predicted molar refractivity (Wildman–Crippen MR) is 211 cm³/mol. The van der Waals surface area contributed by atoms with Gasteiger partial charge in [-0.15, -0.1) is 0 Å². The Hall–Kier alpha value is -1.29. The van der Waals surface area contributed by atoms with Crippen molar-refractivity contribution in [3.8, 4) is 0 Å². The van der Waals surface area contributed by atoms with Gasteiger partial charge in [0.1, 0.15) is 0 Å². The van der Waals surface area contributed by atoms with Gasteiger partial charge in [0.2, 0.25) is 0 Å². The number of unbranched alkanes of at least 4 members (excludes halogenated alkanes) is 10. The van der Waals surface area contributed by atoms with E-state index in [-0.39, 0.29) is 55.0 Å². The van der Waals surface area contributed by atoms with Crippen LogP contribution in [0.5, 0.6) is 0 Å². The Morgan fingerprint density at radius 3 is 1.96 bits per heavy atom. The molecule has 0 N–H and O–H groups in total. The summed E-state index contributed by atoms with van der Waals surface area (Å²) in [5, 5.41) is 0. The van der Waals surface area contributed by atoms with E-state index in [1.54, 1.807) is 0 Å². The second-order valence-corrected chi connectivity index (χ2v) is 16.1. The molecule has 8 atom stereocenters. The Bertz CT molecular complexity index is 968. The van der Waals surface area contributed by atoms with E-state index in [1.165, 1.54) is 44.9 Å². The molecule has 8 heteroatoms. The zero-order valence-corrected chi connectivity index (χ0v) is 33.9. The van der Waals surface area contributed by atoms with Crippen molar-refractivity contribution in [2.24, 2.45) is 11.8 Å². The fraction of sp³-hybridized carbons (Fsp3) is 0.889. The summed E-state index contributed by atoms with van der Waals surface area (Å²) < 4.78 is 44.0. The van der Waals surface area contributed by atoms with Crippen molar-refractivity contribution < 1.29 is 38.0 Å². The molecule has 0 aromatic rings. The highest BCUT2D eigenvalue weighted by molar-refractivity contribution is 5.69. The normalized spacial score (nSPS) is 28.9. The van der Waals surface area contributed by atoms with E-state index in [4.69, 9.17) is 33.2 Å². The summed E-state index contributed by atoms with van der Waals surface area (Å²) in [7, 11) is 0. The van der Waals surface area contributed by atoms with E-state index in [0.717, 1.165) is 135 Å². The fourth-order valence-corrected chi connectivity index (χ4v) is 8.28. The second kappa shape index (κ2) is 28.2. The van der Waals surface area contributed by atoms with Crippen LogP contribution in [-0.4, -0.2) is 69.6 Å². The van der Waals surface area contributed by atoms with Gasteiger partial charge in [0, 0.05) is 38.6 Å². The summed E-state index contributed by atoms with van der Waals surface area (Å²) in [4.78, 5) is 12.2. The van der Waals surface area contributed by atoms with Crippen LogP contribution in [-0.2, 0) is 38.0 Å². The zero-order valence-electron chi connectivity index (χ0n) is 33.9. The number of hydrogen-bond donors (Lipinski definition) is 0. The van der Waals surface area contributed by atoms with Crippen LogP contribution in [0, 0.1) is 11.8 Å². The van der Waals surface area contributed by atoms with Gasteiger partial charge >= 0.3 is 5.97 Å². The molecular weight excluding hydrogens is 668 g/mol. The number of carbonyl (C=O) groups excluding carboxylic acids is 1. The van der Waals surface area contributed by atoms with Crippen molar-refractivity contribution in [2.45, 2.75) is 218 Å². The molecule has 1 aliphatic carbocycles. The first-order valence-electron chi connectivity index (χ1n) is 22.5. The number of carbonyl (C=O) groups is 1. The minimum Gasteiger partial charge on any atom is -0.466 e. The lowest BCUT2D eigenvalue weighted by Gasteiger charge is -2.30. The van der Waals surface area contributed by atoms with Crippen LogP contribution >= 0.6 is 0 Å². The molecule has 0 radical (unpaired) electrons. The van der Waals surface area contributed by atoms with E-state index in [9.17, 15) is 4.79 Å². The zero-order chi connectivity index (χ0) is 37.2. The van der Waals surface area contributed by atoms with Crippen LogP contribution in [0.1, 0.15) is 181 Å². The van der Waals surface area contributed by atoms with Crippen molar-refractivity contribution in [1.29, 1.82) is 0 Å². The highest BCUT2D eigenvalue weighted by Crippen LogP contribution is 2.42. The van der Waals surface area contributed by atoms with Crippen LogP contribution in [0.4, 0.5) is 0 Å². The van der Waals surface area contributed by atoms with Gasteiger partial charge < -0.3 is 33.2 Å². The predicted octanol–water partition coefficient (Wildman–Crippen LogP) is 11.3. The van der Waals surface area contributed by atoms with Gasteiger partial charge in [-0.1, -0.05) is 95.9 Å². The Labute approximate surface area is 323 Å². The van der Waals surface area contributed by atoms with Crippen molar-refractivity contribution in [3.05, 3.63) is 24.3 Å². The summed E-state index contributed by atoms with van der Waals surface area (Å²) >= 11 is 0. The fourth-order valence-electron chi connectivity index (χ4n) is 8.28. The molecule has 3 aliphatic heterocycles. The first-order valence-corrected chi connectivity index (χ1v) is 22.5. The number of allylic oxidation sites excluding steroid dienone is 2. The molecule has 4 aliphatic rings. The lowest BCUT2D eigenvalue weighted by molar-refractivity contribution is -0.203. The molecule has 306 valence electrons. The first-order chi connectivity index (χ1) is 26.2. The Morgan fingerprint density at radius 2 is 1.30 bits per heavy atom. The molecule has 0 bridgehead atoms. The van der Waals surface area contributed by atoms with Gasteiger partial charge in [-0.25, -0.2) is 0 Å². The molecule has 0 spiro atoms. The molecular formula is C45H78O8. The number of esters is 1. The third-order valence-corrected chi connectivity index (χ3v) is 11.5. The van der Waals surface area contributed by atoms with Crippen LogP contribution in [0.3, 0.4) is 0 Å². The lowest BCUT2D eigenvalue weighted by Crippen LogP contribution is -2.31. The van der Waals surface area contributed by atoms with Gasteiger partial charge in [-0.3, -0.25) is 4.79 Å². The van der Waals surface area contributed by atoms with Crippen LogP contribution in [0.25, 0.3) is 0 Å². The van der Waals surface area contributed by atoms with Crippen molar-refractivity contribution >= 4 is 5.97 Å². The molecule has 3 heterocycles. The maximum atomic E-state index is 12.2. The number of rotatable bonds is 27. The van der Waals surface area contributed by atoms with Crippen LogP contribution in [0.15, 0.2) is 24.3 Å². The summed E-state index contributed by atoms with van der Waals surface area (Å²) in [6.07, 6.45) is 36.9. The van der Waals surface area contributed by atoms with Crippen molar-refractivity contribution in [2.75, 3.05) is 26.4 Å². The van der Waals surface area contributed by atoms with E-state index >= 15 is 0 Å². The summed E-state index contributed by atoms with van der Waals surface area (Å²) in [5.74, 6) is 0.401. The molecule has 4 fully saturated rings. The smallest absolute Gasteiger partial charge is 0.305 e. The van der Waals surface area contributed by atoms with Crippen molar-refractivity contribution in [3.63, 3.8) is 0 Å². The molecule has 8 nitrogen and oxygen atoms in total. The first kappa shape index (κ1) is 44.4. The molecule has 3 unspecified atom stereocenters. The minimum atomic E-state index is -0.151. The quantitative estimate of drug-likeness (QED) is 0.0467. The van der Waals surface area contributed by atoms with E-state index in [0.29, 0.717) is 13.0 Å². The van der Waals surface area contributed by atoms with Crippen LogP contribution in [0.2, 0.25) is 0 Å². The minimum absolute atomic E-state index is 0.0132.